The third-order valence-electron chi connectivity index (χ3n) is 5.84. The smallest absolute Gasteiger partial charge is 0.0942 e. The highest BCUT2D eigenvalue weighted by Crippen LogP contribution is 2.41. The minimum Gasteiger partial charge on any atom is -0.390 e. The molecular formula is C18H34O2. The molecule has 2 aliphatic carbocycles. The van der Waals surface area contributed by atoms with E-state index in [4.69, 9.17) is 4.74 Å². The van der Waals surface area contributed by atoms with Crippen LogP contribution in [-0.4, -0.2) is 23.4 Å². The monoisotopic (exact) mass is 282 g/mol. The Labute approximate surface area is 125 Å². The zero-order valence-electron chi connectivity index (χ0n) is 13.6. The molecule has 20 heavy (non-hydrogen) atoms. The van der Waals surface area contributed by atoms with Crippen molar-refractivity contribution in [2.45, 2.75) is 96.2 Å². The average molecular weight is 282 g/mol. The standard InChI is InChI=1S/C18H34O2/c1-3-15-9-11-16(12-10-15)17(19)18(20-4-2)13-7-5-6-8-14-18/h15-17,19H,3-14H2,1-2H3. The van der Waals surface area contributed by atoms with Gasteiger partial charge in [0.05, 0.1) is 11.7 Å². The Hall–Kier alpha value is -0.0800. The van der Waals surface area contributed by atoms with Gasteiger partial charge in [-0.3, -0.25) is 0 Å². The van der Waals surface area contributed by atoms with Gasteiger partial charge in [-0.05, 0) is 44.4 Å². The van der Waals surface area contributed by atoms with E-state index in [0.29, 0.717) is 5.92 Å². The molecule has 0 aromatic heterocycles. The van der Waals surface area contributed by atoms with Gasteiger partial charge in [0.1, 0.15) is 0 Å². The van der Waals surface area contributed by atoms with Crippen molar-refractivity contribution in [1.29, 1.82) is 0 Å². The van der Waals surface area contributed by atoms with Crippen LogP contribution in [0.15, 0.2) is 0 Å². The molecule has 0 bridgehead atoms. The van der Waals surface area contributed by atoms with E-state index >= 15 is 0 Å². The summed E-state index contributed by atoms with van der Waals surface area (Å²) in [4.78, 5) is 0. The minimum atomic E-state index is -0.238. The van der Waals surface area contributed by atoms with Crippen LogP contribution in [0.5, 0.6) is 0 Å². The van der Waals surface area contributed by atoms with Gasteiger partial charge in [-0.2, -0.15) is 0 Å². The normalized spacial score (nSPS) is 32.5. The van der Waals surface area contributed by atoms with Crippen LogP contribution in [0.2, 0.25) is 0 Å². The van der Waals surface area contributed by atoms with Gasteiger partial charge in [0.25, 0.3) is 0 Å². The lowest BCUT2D eigenvalue weighted by atomic mass is 9.72. The first-order chi connectivity index (χ1) is 9.72. The van der Waals surface area contributed by atoms with Crippen LogP contribution in [0.4, 0.5) is 0 Å². The molecule has 0 aromatic rings. The van der Waals surface area contributed by atoms with Crippen molar-refractivity contribution >= 4 is 0 Å². The summed E-state index contributed by atoms with van der Waals surface area (Å²) in [6.07, 6.45) is 13.3. The molecule has 0 spiro atoms. The fraction of sp³-hybridized carbons (Fsp3) is 1.00. The fourth-order valence-electron chi connectivity index (χ4n) is 4.48. The van der Waals surface area contributed by atoms with Gasteiger partial charge >= 0.3 is 0 Å². The van der Waals surface area contributed by atoms with E-state index in [0.717, 1.165) is 25.4 Å². The van der Waals surface area contributed by atoms with Crippen LogP contribution in [0.25, 0.3) is 0 Å². The maximum atomic E-state index is 11.0. The van der Waals surface area contributed by atoms with E-state index < -0.39 is 0 Å². The number of hydrogen-bond acceptors (Lipinski definition) is 2. The van der Waals surface area contributed by atoms with E-state index in [1.54, 1.807) is 0 Å². The summed E-state index contributed by atoms with van der Waals surface area (Å²) in [6.45, 7) is 5.11. The van der Waals surface area contributed by atoms with Gasteiger partial charge in [0.2, 0.25) is 0 Å². The Bertz CT molecular complexity index is 261. The van der Waals surface area contributed by atoms with Gasteiger partial charge in [-0.15, -0.1) is 0 Å². The second-order valence-corrected chi connectivity index (χ2v) is 7.05. The van der Waals surface area contributed by atoms with Crippen LogP contribution in [0.1, 0.15) is 84.5 Å². The molecule has 0 aromatic carbocycles. The Morgan fingerprint density at radius 2 is 1.60 bits per heavy atom. The molecule has 0 aliphatic heterocycles. The van der Waals surface area contributed by atoms with Crippen molar-refractivity contribution in [2.24, 2.45) is 11.8 Å². The van der Waals surface area contributed by atoms with Crippen LogP contribution in [-0.2, 0) is 4.74 Å². The molecule has 0 heterocycles. The summed E-state index contributed by atoms with van der Waals surface area (Å²) in [5.74, 6) is 1.37. The largest absolute Gasteiger partial charge is 0.390 e. The molecule has 2 saturated carbocycles. The summed E-state index contributed by atoms with van der Waals surface area (Å²) >= 11 is 0. The highest BCUT2D eigenvalue weighted by Gasteiger charge is 2.43. The van der Waals surface area contributed by atoms with E-state index in [2.05, 4.69) is 13.8 Å². The van der Waals surface area contributed by atoms with Crippen molar-refractivity contribution in [1.82, 2.24) is 0 Å². The average Bonchev–Trinajstić information content (AvgIpc) is 2.73. The molecule has 2 heteroatoms. The molecule has 2 fully saturated rings. The first-order valence-corrected chi connectivity index (χ1v) is 9.04. The first-order valence-electron chi connectivity index (χ1n) is 9.04. The zero-order valence-corrected chi connectivity index (χ0v) is 13.6. The van der Waals surface area contributed by atoms with Crippen molar-refractivity contribution in [2.75, 3.05) is 6.61 Å². The van der Waals surface area contributed by atoms with Crippen molar-refractivity contribution in [3.05, 3.63) is 0 Å². The Kier molecular flexibility index (Phi) is 6.35. The highest BCUT2D eigenvalue weighted by atomic mass is 16.5. The minimum absolute atomic E-state index is 0.227. The topological polar surface area (TPSA) is 29.5 Å². The quantitative estimate of drug-likeness (QED) is 0.741. The third kappa shape index (κ3) is 3.76. The second-order valence-electron chi connectivity index (χ2n) is 7.05. The Balaban J connectivity index is 2.00. The summed E-state index contributed by atoms with van der Waals surface area (Å²) in [6, 6.07) is 0. The predicted molar refractivity (Wildman–Crippen MR) is 83.8 cm³/mol. The number of ether oxygens (including phenoxy) is 1. The molecule has 2 nitrogen and oxygen atoms in total. The zero-order chi connectivity index (χ0) is 14.4. The van der Waals surface area contributed by atoms with Gasteiger partial charge in [-0.25, -0.2) is 0 Å². The molecular weight excluding hydrogens is 248 g/mol. The van der Waals surface area contributed by atoms with Gasteiger partial charge in [0.15, 0.2) is 0 Å². The summed E-state index contributed by atoms with van der Waals surface area (Å²) in [7, 11) is 0. The van der Waals surface area contributed by atoms with Crippen molar-refractivity contribution in [3.8, 4) is 0 Å². The Morgan fingerprint density at radius 3 is 2.10 bits per heavy atom. The molecule has 0 saturated heterocycles. The molecule has 1 atom stereocenters. The SMILES string of the molecule is CCOC1(C(O)C2CCC(CC)CC2)CCCCCC1. The molecule has 2 rings (SSSR count). The van der Waals surface area contributed by atoms with Crippen LogP contribution in [0, 0.1) is 11.8 Å². The van der Waals surface area contributed by atoms with Gasteiger partial charge < -0.3 is 9.84 Å². The molecule has 0 amide bonds. The second kappa shape index (κ2) is 7.79. The third-order valence-corrected chi connectivity index (χ3v) is 5.84. The molecule has 0 radical (unpaired) electrons. The lowest BCUT2D eigenvalue weighted by molar-refractivity contribution is -0.152. The van der Waals surface area contributed by atoms with Crippen molar-refractivity contribution < 1.29 is 9.84 Å². The maximum absolute atomic E-state index is 11.0. The fourth-order valence-corrected chi connectivity index (χ4v) is 4.48. The molecule has 1 unspecified atom stereocenters. The van der Waals surface area contributed by atoms with Gasteiger partial charge in [0, 0.05) is 6.61 Å². The van der Waals surface area contributed by atoms with Crippen molar-refractivity contribution in [3.63, 3.8) is 0 Å². The number of rotatable bonds is 5. The molecule has 2 aliphatic rings. The Morgan fingerprint density at radius 1 is 1.00 bits per heavy atom. The van der Waals surface area contributed by atoms with E-state index in [1.807, 2.05) is 0 Å². The van der Waals surface area contributed by atoms with E-state index in [-0.39, 0.29) is 11.7 Å². The highest BCUT2D eigenvalue weighted by molar-refractivity contribution is 4.94. The van der Waals surface area contributed by atoms with Crippen LogP contribution < -0.4 is 0 Å². The molecule has 118 valence electrons. The van der Waals surface area contributed by atoms with Gasteiger partial charge in [-0.1, -0.05) is 51.9 Å². The lowest BCUT2D eigenvalue weighted by Crippen LogP contribution is -2.49. The summed E-state index contributed by atoms with van der Waals surface area (Å²) in [5.41, 5.74) is -0.227. The van der Waals surface area contributed by atoms with E-state index in [1.165, 1.54) is 57.8 Å². The van der Waals surface area contributed by atoms with Crippen LogP contribution in [0.3, 0.4) is 0 Å². The predicted octanol–water partition coefficient (Wildman–Crippen LogP) is 4.69. The summed E-state index contributed by atoms with van der Waals surface area (Å²) in [5, 5.41) is 11.0. The summed E-state index contributed by atoms with van der Waals surface area (Å²) < 4.78 is 6.17. The first kappa shape index (κ1) is 16.3. The number of aliphatic hydroxyl groups is 1. The van der Waals surface area contributed by atoms with E-state index in [9.17, 15) is 5.11 Å². The lowest BCUT2D eigenvalue weighted by Gasteiger charge is -2.43. The van der Waals surface area contributed by atoms with Crippen LogP contribution >= 0.6 is 0 Å². The number of hydrogen-bond donors (Lipinski definition) is 1. The maximum Gasteiger partial charge on any atom is 0.0942 e. The number of aliphatic hydroxyl groups excluding tert-OH is 1. The molecule has 1 N–H and O–H groups in total.